The second-order valence-corrected chi connectivity index (χ2v) is 6.88. The van der Waals surface area contributed by atoms with Crippen LogP contribution < -0.4 is 9.47 Å². The fourth-order valence-corrected chi connectivity index (χ4v) is 3.78. The van der Waals surface area contributed by atoms with E-state index in [1.54, 1.807) is 14.2 Å². The Morgan fingerprint density at radius 3 is 1.13 bits per heavy atom. The van der Waals surface area contributed by atoms with Gasteiger partial charge in [-0.25, -0.2) is 0 Å². The van der Waals surface area contributed by atoms with Crippen molar-refractivity contribution in [2.45, 2.75) is 0 Å². The van der Waals surface area contributed by atoms with Crippen LogP contribution in [0.3, 0.4) is 0 Å². The highest BCUT2D eigenvalue weighted by molar-refractivity contribution is 6.06. The maximum Gasteiger partial charge on any atom is 0.126 e. The predicted molar refractivity (Wildman–Crippen MR) is 124 cm³/mol. The van der Waals surface area contributed by atoms with Gasteiger partial charge in [-0.2, -0.15) is 0 Å². The molecule has 4 aromatic carbocycles. The molecule has 0 atom stereocenters. The average molecular weight is 392 g/mol. The first-order valence-corrected chi connectivity index (χ1v) is 9.95. The fraction of sp³-hybridized carbons (Fsp3) is 0.0714. The SMILES string of the molecule is COc1ccccc1/C(=C(\c1ccccc1)c1ccccc1OC)c1ccccc1. The highest BCUT2D eigenvalue weighted by Gasteiger charge is 2.20. The number of rotatable bonds is 6. The van der Waals surface area contributed by atoms with E-state index in [9.17, 15) is 0 Å². The fourth-order valence-electron chi connectivity index (χ4n) is 3.78. The van der Waals surface area contributed by atoms with Crippen molar-refractivity contribution in [2.75, 3.05) is 14.2 Å². The summed E-state index contributed by atoms with van der Waals surface area (Å²) in [5.74, 6) is 1.67. The maximum atomic E-state index is 5.76. The summed E-state index contributed by atoms with van der Waals surface area (Å²) in [4.78, 5) is 0. The van der Waals surface area contributed by atoms with Crippen molar-refractivity contribution >= 4 is 11.1 Å². The van der Waals surface area contributed by atoms with Crippen LogP contribution in [0.5, 0.6) is 11.5 Å². The van der Waals surface area contributed by atoms with E-state index in [1.165, 1.54) is 0 Å². The summed E-state index contributed by atoms with van der Waals surface area (Å²) in [6.07, 6.45) is 0. The van der Waals surface area contributed by atoms with Crippen molar-refractivity contribution in [3.63, 3.8) is 0 Å². The van der Waals surface area contributed by atoms with Gasteiger partial charge in [-0.15, -0.1) is 0 Å². The third-order valence-corrected chi connectivity index (χ3v) is 5.13. The summed E-state index contributed by atoms with van der Waals surface area (Å²) in [7, 11) is 3.43. The molecule has 0 aliphatic rings. The van der Waals surface area contributed by atoms with Gasteiger partial charge in [-0.1, -0.05) is 97.1 Å². The number of para-hydroxylation sites is 2. The van der Waals surface area contributed by atoms with Crippen LogP contribution in [-0.2, 0) is 0 Å². The second-order valence-electron chi connectivity index (χ2n) is 6.88. The summed E-state index contributed by atoms with van der Waals surface area (Å²) < 4.78 is 11.5. The first-order valence-electron chi connectivity index (χ1n) is 9.95. The van der Waals surface area contributed by atoms with Gasteiger partial charge in [-0.05, 0) is 23.3 Å². The van der Waals surface area contributed by atoms with Crippen molar-refractivity contribution in [1.82, 2.24) is 0 Å². The zero-order valence-corrected chi connectivity index (χ0v) is 17.2. The highest BCUT2D eigenvalue weighted by Crippen LogP contribution is 2.42. The van der Waals surface area contributed by atoms with Crippen molar-refractivity contribution in [2.24, 2.45) is 0 Å². The lowest BCUT2D eigenvalue weighted by Crippen LogP contribution is -2.01. The summed E-state index contributed by atoms with van der Waals surface area (Å²) in [6, 6.07) is 37.2. The first kappa shape index (κ1) is 19.5. The number of hydrogen-bond donors (Lipinski definition) is 0. The summed E-state index contributed by atoms with van der Waals surface area (Å²) in [5.41, 5.74) is 6.51. The molecule has 0 saturated carbocycles. The minimum absolute atomic E-state index is 0.833. The molecule has 0 spiro atoms. The normalized spacial score (nSPS) is 11.5. The highest BCUT2D eigenvalue weighted by atomic mass is 16.5. The van der Waals surface area contributed by atoms with Crippen LogP contribution in [0.25, 0.3) is 11.1 Å². The van der Waals surface area contributed by atoms with E-state index < -0.39 is 0 Å². The molecule has 0 unspecified atom stereocenters. The smallest absolute Gasteiger partial charge is 0.126 e. The number of methoxy groups -OCH3 is 2. The Labute approximate surface area is 178 Å². The van der Waals surface area contributed by atoms with E-state index in [1.807, 2.05) is 48.5 Å². The lowest BCUT2D eigenvalue weighted by molar-refractivity contribution is 0.413. The quantitative estimate of drug-likeness (QED) is 0.339. The van der Waals surface area contributed by atoms with Gasteiger partial charge in [-0.3, -0.25) is 0 Å². The molecule has 0 amide bonds. The van der Waals surface area contributed by atoms with E-state index >= 15 is 0 Å². The number of benzene rings is 4. The van der Waals surface area contributed by atoms with Gasteiger partial charge < -0.3 is 9.47 Å². The molecule has 4 rings (SSSR count). The summed E-state index contributed by atoms with van der Waals surface area (Å²) in [6.45, 7) is 0. The zero-order valence-electron chi connectivity index (χ0n) is 17.2. The van der Waals surface area contributed by atoms with Crippen molar-refractivity contribution < 1.29 is 9.47 Å². The van der Waals surface area contributed by atoms with Crippen LogP contribution in [0.4, 0.5) is 0 Å². The molecule has 0 radical (unpaired) electrons. The molecule has 0 fully saturated rings. The Hall–Kier alpha value is -3.78. The summed E-state index contributed by atoms with van der Waals surface area (Å²) in [5, 5.41) is 0. The van der Waals surface area contributed by atoms with Crippen LogP contribution in [-0.4, -0.2) is 14.2 Å². The van der Waals surface area contributed by atoms with Crippen molar-refractivity contribution in [3.8, 4) is 11.5 Å². The number of hydrogen-bond acceptors (Lipinski definition) is 2. The lowest BCUT2D eigenvalue weighted by Gasteiger charge is -2.21. The van der Waals surface area contributed by atoms with E-state index in [0.29, 0.717) is 0 Å². The third kappa shape index (κ3) is 3.85. The molecule has 0 aliphatic heterocycles. The van der Waals surface area contributed by atoms with E-state index in [-0.39, 0.29) is 0 Å². The van der Waals surface area contributed by atoms with Gasteiger partial charge in [0.15, 0.2) is 0 Å². The Kier molecular flexibility index (Phi) is 5.95. The lowest BCUT2D eigenvalue weighted by atomic mass is 9.85. The standard InChI is InChI=1S/C28H24O2/c1-29-25-19-11-9-17-23(25)27(21-13-5-3-6-14-21)28(22-15-7-4-8-16-22)24-18-10-12-20-26(24)30-2/h3-20H,1-2H3/b28-27+. The Morgan fingerprint density at radius 2 is 0.767 bits per heavy atom. The molecular formula is C28H24O2. The molecule has 0 heterocycles. The van der Waals surface area contributed by atoms with Gasteiger partial charge in [0.25, 0.3) is 0 Å². The van der Waals surface area contributed by atoms with Gasteiger partial charge in [0.1, 0.15) is 11.5 Å². The van der Waals surface area contributed by atoms with Gasteiger partial charge in [0, 0.05) is 22.3 Å². The van der Waals surface area contributed by atoms with E-state index in [4.69, 9.17) is 9.47 Å². The maximum absolute atomic E-state index is 5.76. The largest absolute Gasteiger partial charge is 0.496 e. The molecular weight excluding hydrogens is 368 g/mol. The molecule has 4 aromatic rings. The van der Waals surface area contributed by atoms with Gasteiger partial charge >= 0.3 is 0 Å². The molecule has 148 valence electrons. The second kappa shape index (κ2) is 9.15. The van der Waals surface area contributed by atoms with Crippen LogP contribution in [0.2, 0.25) is 0 Å². The Balaban J connectivity index is 2.17. The topological polar surface area (TPSA) is 18.5 Å². The minimum Gasteiger partial charge on any atom is -0.496 e. The monoisotopic (exact) mass is 392 g/mol. The average Bonchev–Trinajstić information content (AvgIpc) is 2.83. The molecule has 30 heavy (non-hydrogen) atoms. The summed E-state index contributed by atoms with van der Waals surface area (Å²) >= 11 is 0. The number of ether oxygens (including phenoxy) is 2. The minimum atomic E-state index is 0.833. The van der Waals surface area contributed by atoms with Gasteiger partial charge in [0.2, 0.25) is 0 Å². The van der Waals surface area contributed by atoms with E-state index in [0.717, 1.165) is 44.9 Å². The zero-order chi connectivity index (χ0) is 20.8. The van der Waals surface area contributed by atoms with Crippen LogP contribution in [0, 0.1) is 0 Å². The van der Waals surface area contributed by atoms with Crippen molar-refractivity contribution in [3.05, 3.63) is 131 Å². The molecule has 0 saturated heterocycles. The van der Waals surface area contributed by atoms with Crippen LogP contribution >= 0.6 is 0 Å². The molecule has 2 nitrogen and oxygen atoms in total. The van der Waals surface area contributed by atoms with Crippen LogP contribution in [0.1, 0.15) is 22.3 Å². The Bertz CT molecular complexity index is 1050. The first-order chi connectivity index (χ1) is 14.8. The van der Waals surface area contributed by atoms with Crippen molar-refractivity contribution in [1.29, 1.82) is 0 Å². The molecule has 0 aliphatic carbocycles. The molecule has 0 aromatic heterocycles. The van der Waals surface area contributed by atoms with E-state index in [2.05, 4.69) is 60.7 Å². The van der Waals surface area contributed by atoms with Gasteiger partial charge in [0.05, 0.1) is 14.2 Å². The third-order valence-electron chi connectivity index (χ3n) is 5.13. The van der Waals surface area contributed by atoms with Crippen LogP contribution in [0.15, 0.2) is 109 Å². The predicted octanol–water partition coefficient (Wildman–Crippen LogP) is 6.71. The molecule has 0 N–H and O–H groups in total. The molecule has 0 bridgehead atoms. The Morgan fingerprint density at radius 1 is 0.433 bits per heavy atom. The molecule has 2 heteroatoms.